The maximum Gasteiger partial charge on any atom is 0.253 e. The molecule has 1 aromatic carbocycles. The average Bonchev–Trinajstić information content (AvgIpc) is 2.84. The Morgan fingerprint density at radius 1 is 1.45 bits per heavy atom. The van der Waals surface area contributed by atoms with Crippen molar-refractivity contribution in [2.45, 2.75) is 6.42 Å². The van der Waals surface area contributed by atoms with Gasteiger partial charge in [0.1, 0.15) is 12.1 Å². The molecule has 0 aliphatic carbocycles. The largest absolute Gasteiger partial charge is 0.385 e. The van der Waals surface area contributed by atoms with Gasteiger partial charge in [-0.1, -0.05) is 6.07 Å². The van der Waals surface area contributed by atoms with Crippen molar-refractivity contribution in [3.05, 3.63) is 41.7 Å². The number of aryl methyl sites for hydroxylation is 1. The maximum atomic E-state index is 13.5. The summed E-state index contributed by atoms with van der Waals surface area (Å²) in [6.07, 6.45) is 2.12. The van der Waals surface area contributed by atoms with E-state index in [0.717, 1.165) is 0 Å². The molecule has 0 bridgehead atoms. The highest BCUT2D eigenvalue weighted by Crippen LogP contribution is 2.18. The predicted octanol–water partition coefficient (Wildman–Crippen LogP) is 0.968. The molecule has 0 fully saturated rings. The van der Waals surface area contributed by atoms with Crippen molar-refractivity contribution in [2.75, 3.05) is 18.9 Å². The Morgan fingerprint density at radius 3 is 2.90 bits per heavy atom. The van der Waals surface area contributed by atoms with Crippen LogP contribution in [0.1, 0.15) is 16.2 Å². The van der Waals surface area contributed by atoms with Gasteiger partial charge < -0.3 is 10.6 Å². The number of hydrogen-bond acceptors (Lipinski definition) is 4. The van der Waals surface area contributed by atoms with Gasteiger partial charge in [0.15, 0.2) is 5.82 Å². The summed E-state index contributed by atoms with van der Waals surface area (Å²) in [5, 5.41) is 9.53. The topological polar surface area (TPSA) is 71.8 Å². The molecule has 0 saturated heterocycles. The smallest absolute Gasteiger partial charge is 0.253 e. The highest BCUT2D eigenvalue weighted by molar-refractivity contribution is 5.99. The predicted molar refractivity (Wildman–Crippen MR) is 73.0 cm³/mol. The first kappa shape index (κ1) is 14.0. The molecule has 0 atom stereocenters. The second kappa shape index (κ2) is 6.14. The molecule has 1 aromatic heterocycles. The van der Waals surface area contributed by atoms with Crippen LogP contribution in [0.4, 0.5) is 10.1 Å². The van der Waals surface area contributed by atoms with E-state index >= 15 is 0 Å². The van der Waals surface area contributed by atoms with Crippen molar-refractivity contribution in [3.8, 4) is 0 Å². The van der Waals surface area contributed by atoms with Crippen LogP contribution >= 0.6 is 0 Å². The lowest BCUT2D eigenvalue weighted by molar-refractivity contribution is 0.0954. The van der Waals surface area contributed by atoms with E-state index in [1.165, 1.54) is 12.1 Å². The van der Waals surface area contributed by atoms with Crippen LogP contribution in [0.15, 0.2) is 24.5 Å². The SMILES string of the molecule is CNc1c(F)cccc1C(=O)NCCc1ncn(C)n1. The van der Waals surface area contributed by atoms with Crippen molar-refractivity contribution in [2.24, 2.45) is 7.05 Å². The summed E-state index contributed by atoms with van der Waals surface area (Å²) < 4.78 is 15.1. The Labute approximate surface area is 116 Å². The molecule has 2 aromatic rings. The molecule has 0 aliphatic rings. The lowest BCUT2D eigenvalue weighted by Crippen LogP contribution is -2.27. The molecule has 0 unspecified atom stereocenters. The van der Waals surface area contributed by atoms with Gasteiger partial charge in [-0.3, -0.25) is 9.48 Å². The number of carbonyl (C=O) groups is 1. The van der Waals surface area contributed by atoms with E-state index in [4.69, 9.17) is 0 Å². The number of amides is 1. The van der Waals surface area contributed by atoms with Crippen molar-refractivity contribution >= 4 is 11.6 Å². The second-order valence-corrected chi connectivity index (χ2v) is 4.25. The Bertz CT molecular complexity index is 611. The van der Waals surface area contributed by atoms with E-state index in [9.17, 15) is 9.18 Å². The maximum absolute atomic E-state index is 13.5. The molecular weight excluding hydrogens is 261 g/mol. The van der Waals surface area contributed by atoms with Crippen LogP contribution in [0.2, 0.25) is 0 Å². The van der Waals surface area contributed by atoms with Gasteiger partial charge in [0.2, 0.25) is 0 Å². The fraction of sp³-hybridized carbons (Fsp3) is 0.308. The summed E-state index contributed by atoms with van der Waals surface area (Å²) in [6.45, 7) is 0.391. The van der Waals surface area contributed by atoms with E-state index in [2.05, 4.69) is 20.7 Å². The van der Waals surface area contributed by atoms with Crippen molar-refractivity contribution < 1.29 is 9.18 Å². The molecule has 1 amide bonds. The normalized spacial score (nSPS) is 10.3. The number of nitrogens with zero attached hydrogens (tertiary/aromatic N) is 3. The molecule has 0 radical (unpaired) electrons. The molecular formula is C13H16FN5O. The standard InChI is InChI=1S/C13H16FN5O/c1-15-12-9(4-3-5-10(12)14)13(20)16-7-6-11-17-8-19(2)18-11/h3-5,8,15H,6-7H2,1-2H3,(H,16,20). The summed E-state index contributed by atoms with van der Waals surface area (Å²) in [6, 6.07) is 4.38. The Morgan fingerprint density at radius 2 is 2.25 bits per heavy atom. The Kier molecular flexibility index (Phi) is 4.29. The van der Waals surface area contributed by atoms with Gasteiger partial charge in [0.05, 0.1) is 11.3 Å². The van der Waals surface area contributed by atoms with Crippen molar-refractivity contribution in [3.63, 3.8) is 0 Å². The molecule has 0 saturated carbocycles. The van der Waals surface area contributed by atoms with Gasteiger partial charge in [-0.15, -0.1) is 0 Å². The zero-order chi connectivity index (χ0) is 14.5. The van der Waals surface area contributed by atoms with E-state index < -0.39 is 5.82 Å². The van der Waals surface area contributed by atoms with Crippen LogP contribution < -0.4 is 10.6 Å². The Balaban J connectivity index is 1.97. The van der Waals surface area contributed by atoms with Crippen LogP contribution in [0.5, 0.6) is 0 Å². The monoisotopic (exact) mass is 277 g/mol. The first-order valence-corrected chi connectivity index (χ1v) is 6.21. The zero-order valence-electron chi connectivity index (χ0n) is 11.4. The van der Waals surface area contributed by atoms with Crippen LogP contribution in [0, 0.1) is 5.82 Å². The molecule has 6 nitrogen and oxygen atoms in total. The summed E-state index contributed by atoms with van der Waals surface area (Å²) in [5.41, 5.74) is 0.474. The van der Waals surface area contributed by atoms with Crippen LogP contribution in [0.3, 0.4) is 0 Å². The highest BCUT2D eigenvalue weighted by Gasteiger charge is 2.13. The van der Waals surface area contributed by atoms with E-state index in [-0.39, 0.29) is 17.2 Å². The van der Waals surface area contributed by atoms with Crippen LogP contribution in [0.25, 0.3) is 0 Å². The minimum absolute atomic E-state index is 0.195. The molecule has 20 heavy (non-hydrogen) atoms. The van der Waals surface area contributed by atoms with E-state index in [0.29, 0.717) is 18.8 Å². The van der Waals surface area contributed by atoms with Gasteiger partial charge in [0, 0.05) is 27.1 Å². The fourth-order valence-electron chi connectivity index (χ4n) is 1.85. The average molecular weight is 277 g/mol. The summed E-state index contributed by atoms with van der Waals surface area (Å²) in [4.78, 5) is 16.1. The second-order valence-electron chi connectivity index (χ2n) is 4.25. The van der Waals surface area contributed by atoms with E-state index in [1.54, 1.807) is 31.2 Å². The lowest BCUT2D eigenvalue weighted by atomic mass is 10.1. The molecule has 0 spiro atoms. The Hall–Kier alpha value is -2.44. The molecule has 7 heteroatoms. The summed E-state index contributed by atoms with van der Waals surface area (Å²) in [7, 11) is 3.36. The molecule has 2 rings (SSSR count). The molecule has 0 aliphatic heterocycles. The first-order chi connectivity index (χ1) is 9.61. The van der Waals surface area contributed by atoms with Gasteiger partial charge in [-0.05, 0) is 12.1 Å². The van der Waals surface area contributed by atoms with Crippen molar-refractivity contribution in [1.29, 1.82) is 0 Å². The number of halogens is 1. The van der Waals surface area contributed by atoms with Gasteiger partial charge >= 0.3 is 0 Å². The highest BCUT2D eigenvalue weighted by atomic mass is 19.1. The molecule has 1 heterocycles. The number of anilines is 1. The van der Waals surface area contributed by atoms with E-state index in [1.807, 2.05) is 0 Å². The quantitative estimate of drug-likeness (QED) is 0.854. The number of hydrogen-bond donors (Lipinski definition) is 2. The minimum atomic E-state index is -0.452. The number of rotatable bonds is 5. The first-order valence-electron chi connectivity index (χ1n) is 6.21. The van der Waals surface area contributed by atoms with Crippen LogP contribution in [-0.2, 0) is 13.5 Å². The number of aromatic nitrogens is 3. The number of para-hydroxylation sites is 1. The molecule has 106 valence electrons. The third-order valence-electron chi connectivity index (χ3n) is 2.79. The van der Waals surface area contributed by atoms with Gasteiger partial charge in [0.25, 0.3) is 5.91 Å². The summed E-state index contributed by atoms with van der Waals surface area (Å²) >= 11 is 0. The third kappa shape index (κ3) is 3.11. The fourth-order valence-corrected chi connectivity index (χ4v) is 1.85. The third-order valence-corrected chi connectivity index (χ3v) is 2.79. The van der Waals surface area contributed by atoms with Gasteiger partial charge in [-0.2, -0.15) is 5.10 Å². The zero-order valence-corrected chi connectivity index (χ0v) is 11.4. The summed E-state index contributed by atoms with van der Waals surface area (Å²) in [5.74, 6) is -0.128. The van der Waals surface area contributed by atoms with Gasteiger partial charge in [-0.25, -0.2) is 9.37 Å². The lowest BCUT2D eigenvalue weighted by Gasteiger charge is -2.10. The van der Waals surface area contributed by atoms with Crippen molar-refractivity contribution in [1.82, 2.24) is 20.1 Å². The van der Waals surface area contributed by atoms with Crippen LogP contribution in [-0.4, -0.2) is 34.3 Å². The molecule has 2 N–H and O–H groups in total. The minimum Gasteiger partial charge on any atom is -0.385 e. The number of nitrogens with one attached hydrogen (secondary N) is 2. The number of carbonyl (C=O) groups excluding carboxylic acids is 1. The number of benzene rings is 1.